The van der Waals surface area contributed by atoms with Crippen LogP contribution in [-0.2, 0) is 12.0 Å². The molecule has 0 aliphatic heterocycles. The molecule has 1 amide bonds. The second-order valence-corrected chi connectivity index (χ2v) is 8.77. The summed E-state index contributed by atoms with van der Waals surface area (Å²) in [6.45, 7) is 8.45. The summed E-state index contributed by atoms with van der Waals surface area (Å²) < 4.78 is 5.82. The highest BCUT2D eigenvalue weighted by molar-refractivity contribution is 7.14. The van der Waals surface area contributed by atoms with Crippen molar-refractivity contribution in [1.29, 1.82) is 5.26 Å². The van der Waals surface area contributed by atoms with Crippen LogP contribution < -0.4 is 10.1 Å². The monoisotopic (exact) mass is 405 g/mol. The number of thiazole rings is 1. The molecule has 3 aromatic rings. The van der Waals surface area contributed by atoms with Crippen LogP contribution in [0.4, 0.5) is 5.69 Å². The van der Waals surface area contributed by atoms with E-state index in [1.54, 1.807) is 18.2 Å². The Labute approximate surface area is 175 Å². The van der Waals surface area contributed by atoms with Gasteiger partial charge in [0.05, 0.1) is 22.3 Å². The van der Waals surface area contributed by atoms with Gasteiger partial charge in [0.15, 0.2) is 0 Å². The molecule has 0 saturated carbocycles. The number of ether oxygens (including phenoxy) is 1. The second-order valence-electron chi connectivity index (χ2n) is 7.77. The lowest BCUT2D eigenvalue weighted by Crippen LogP contribution is -2.11. The van der Waals surface area contributed by atoms with Gasteiger partial charge >= 0.3 is 0 Å². The smallest absolute Gasteiger partial charge is 0.267 e. The summed E-state index contributed by atoms with van der Waals surface area (Å²) in [6.07, 6.45) is 0. The van der Waals surface area contributed by atoms with Crippen molar-refractivity contribution in [3.63, 3.8) is 0 Å². The minimum absolute atomic E-state index is 0.0927. The average Bonchev–Trinajstić information content (AvgIpc) is 3.09. The van der Waals surface area contributed by atoms with Crippen molar-refractivity contribution in [2.75, 3.05) is 5.32 Å². The molecule has 1 aromatic heterocycles. The van der Waals surface area contributed by atoms with E-state index in [1.165, 1.54) is 11.3 Å². The van der Waals surface area contributed by atoms with Crippen LogP contribution >= 0.6 is 11.3 Å². The van der Waals surface area contributed by atoms with Crippen LogP contribution in [0.3, 0.4) is 0 Å². The predicted molar refractivity (Wildman–Crippen MR) is 115 cm³/mol. The SMILES string of the molecule is Cc1nc(C(C)(C)C)sc1C(=O)Nc1cccc(OCc2cccc(C#N)c2)c1. The standard InChI is InChI=1S/C23H23N3O2S/c1-15-20(29-22(25-15)23(2,3)4)21(27)26-18-9-6-10-19(12-18)28-14-17-8-5-7-16(11-17)13-24/h5-12H,14H2,1-4H3,(H,26,27). The van der Waals surface area contributed by atoms with Crippen LogP contribution in [-0.4, -0.2) is 10.9 Å². The van der Waals surface area contributed by atoms with E-state index in [0.29, 0.717) is 28.5 Å². The van der Waals surface area contributed by atoms with Gasteiger partial charge in [0, 0.05) is 17.2 Å². The van der Waals surface area contributed by atoms with Crippen molar-refractivity contribution in [3.05, 3.63) is 75.2 Å². The summed E-state index contributed by atoms with van der Waals surface area (Å²) in [6, 6.07) is 16.7. The van der Waals surface area contributed by atoms with Crippen molar-refractivity contribution in [2.45, 2.75) is 39.7 Å². The maximum absolute atomic E-state index is 12.7. The predicted octanol–water partition coefficient (Wildman–Crippen LogP) is 5.45. The number of rotatable bonds is 5. The number of aromatic nitrogens is 1. The van der Waals surface area contributed by atoms with Crippen molar-refractivity contribution in [1.82, 2.24) is 4.98 Å². The first kappa shape index (κ1) is 20.6. The van der Waals surface area contributed by atoms with Crippen molar-refractivity contribution >= 4 is 22.9 Å². The first-order valence-corrected chi connectivity index (χ1v) is 10.1. The molecular formula is C23H23N3O2S. The molecule has 2 aromatic carbocycles. The molecule has 6 heteroatoms. The van der Waals surface area contributed by atoms with E-state index in [1.807, 2.05) is 37.3 Å². The van der Waals surface area contributed by atoms with E-state index in [0.717, 1.165) is 16.3 Å². The molecule has 148 valence electrons. The molecule has 0 atom stereocenters. The number of nitrogens with one attached hydrogen (secondary N) is 1. The zero-order chi connectivity index (χ0) is 21.0. The Morgan fingerprint density at radius 1 is 1.21 bits per heavy atom. The fraction of sp³-hybridized carbons (Fsp3) is 0.261. The maximum atomic E-state index is 12.7. The summed E-state index contributed by atoms with van der Waals surface area (Å²) in [5, 5.41) is 12.9. The van der Waals surface area contributed by atoms with Gasteiger partial charge in [-0.1, -0.05) is 39.0 Å². The number of anilines is 1. The molecular weight excluding hydrogens is 382 g/mol. The normalized spacial score (nSPS) is 11.0. The van der Waals surface area contributed by atoms with Crippen LogP contribution in [0.1, 0.15) is 52.3 Å². The minimum atomic E-state index is -0.172. The van der Waals surface area contributed by atoms with Gasteiger partial charge in [-0.05, 0) is 36.8 Å². The van der Waals surface area contributed by atoms with Gasteiger partial charge < -0.3 is 10.1 Å². The third-order valence-corrected chi connectivity index (χ3v) is 5.78. The number of carbonyl (C=O) groups is 1. The molecule has 1 heterocycles. The maximum Gasteiger partial charge on any atom is 0.267 e. The van der Waals surface area contributed by atoms with Gasteiger partial charge in [0.2, 0.25) is 0 Å². The number of nitrogens with zero attached hydrogens (tertiary/aromatic N) is 2. The summed E-state index contributed by atoms with van der Waals surface area (Å²) >= 11 is 1.43. The van der Waals surface area contributed by atoms with E-state index < -0.39 is 0 Å². The van der Waals surface area contributed by atoms with E-state index in [9.17, 15) is 4.79 Å². The molecule has 0 radical (unpaired) electrons. The first-order valence-electron chi connectivity index (χ1n) is 9.27. The molecule has 3 rings (SSSR count). The quantitative estimate of drug-likeness (QED) is 0.612. The number of nitriles is 1. The van der Waals surface area contributed by atoms with Gasteiger partial charge in [0.1, 0.15) is 17.2 Å². The van der Waals surface area contributed by atoms with Crippen LogP contribution in [0.25, 0.3) is 0 Å². The number of hydrogen-bond acceptors (Lipinski definition) is 5. The molecule has 0 bridgehead atoms. The molecule has 0 spiro atoms. The number of benzene rings is 2. The third kappa shape index (κ3) is 5.21. The molecule has 0 aliphatic rings. The van der Waals surface area contributed by atoms with Gasteiger partial charge in [-0.3, -0.25) is 4.79 Å². The summed E-state index contributed by atoms with van der Waals surface area (Å²) in [7, 11) is 0. The van der Waals surface area contributed by atoms with Crippen LogP contribution in [0.15, 0.2) is 48.5 Å². The number of hydrogen-bond donors (Lipinski definition) is 1. The van der Waals surface area contributed by atoms with Crippen LogP contribution in [0, 0.1) is 18.3 Å². The lowest BCUT2D eigenvalue weighted by molar-refractivity contribution is 0.103. The molecule has 0 unspecified atom stereocenters. The summed E-state index contributed by atoms with van der Waals surface area (Å²) in [5.74, 6) is 0.468. The topological polar surface area (TPSA) is 75.0 Å². The van der Waals surface area contributed by atoms with E-state index >= 15 is 0 Å². The van der Waals surface area contributed by atoms with Crippen molar-refractivity contribution in [2.24, 2.45) is 0 Å². The van der Waals surface area contributed by atoms with Crippen LogP contribution in [0.5, 0.6) is 5.75 Å². The highest BCUT2D eigenvalue weighted by atomic mass is 32.1. The Bertz CT molecular complexity index is 1070. The highest BCUT2D eigenvalue weighted by Crippen LogP contribution is 2.30. The highest BCUT2D eigenvalue weighted by Gasteiger charge is 2.23. The molecule has 0 fully saturated rings. The zero-order valence-corrected chi connectivity index (χ0v) is 17.8. The molecule has 5 nitrogen and oxygen atoms in total. The number of amides is 1. The summed E-state index contributed by atoms with van der Waals surface area (Å²) in [5.41, 5.74) is 2.81. The lowest BCUT2D eigenvalue weighted by atomic mass is 9.98. The average molecular weight is 406 g/mol. The van der Waals surface area contributed by atoms with Gasteiger partial charge in [-0.15, -0.1) is 11.3 Å². The van der Waals surface area contributed by atoms with E-state index in [4.69, 9.17) is 10.00 Å². The number of aryl methyl sites for hydroxylation is 1. The fourth-order valence-corrected chi connectivity index (χ4v) is 3.70. The number of carbonyl (C=O) groups excluding carboxylic acids is 1. The Morgan fingerprint density at radius 3 is 2.66 bits per heavy atom. The Hall–Kier alpha value is -3.17. The fourth-order valence-electron chi connectivity index (χ4n) is 2.68. The summed E-state index contributed by atoms with van der Waals surface area (Å²) in [4.78, 5) is 17.9. The minimum Gasteiger partial charge on any atom is -0.489 e. The van der Waals surface area contributed by atoms with Gasteiger partial charge in [0.25, 0.3) is 5.91 Å². The second kappa shape index (κ2) is 8.46. The Morgan fingerprint density at radius 2 is 1.97 bits per heavy atom. The van der Waals surface area contributed by atoms with E-state index in [2.05, 4.69) is 37.1 Å². The first-order chi connectivity index (χ1) is 13.8. The van der Waals surface area contributed by atoms with Crippen molar-refractivity contribution < 1.29 is 9.53 Å². The lowest BCUT2D eigenvalue weighted by Gasteiger charge is -2.13. The van der Waals surface area contributed by atoms with Gasteiger partial charge in [-0.25, -0.2) is 4.98 Å². The van der Waals surface area contributed by atoms with E-state index in [-0.39, 0.29) is 11.3 Å². The van der Waals surface area contributed by atoms with Crippen molar-refractivity contribution in [3.8, 4) is 11.8 Å². The molecule has 29 heavy (non-hydrogen) atoms. The molecule has 0 saturated heterocycles. The largest absolute Gasteiger partial charge is 0.489 e. The molecule has 1 N–H and O–H groups in total. The van der Waals surface area contributed by atoms with Crippen LogP contribution in [0.2, 0.25) is 0 Å². The Kier molecular flexibility index (Phi) is 6.00. The third-order valence-electron chi connectivity index (χ3n) is 4.20. The molecule has 0 aliphatic carbocycles. The van der Waals surface area contributed by atoms with Gasteiger partial charge in [-0.2, -0.15) is 5.26 Å². The zero-order valence-electron chi connectivity index (χ0n) is 16.9. The Balaban J connectivity index is 1.69.